The van der Waals surface area contributed by atoms with Gasteiger partial charge in [-0.2, -0.15) is 0 Å². The standard InChI is InChI=1S/C22H18BrFN4O3/c1-3-27-21(30)19-16(25-14-10-8-13(23)9-11-14)12-18(29)26(2)20(19)28(22(27)31)17-7-5-4-6-15(17)24/h4-12,25H,3H2,1-2H3. The van der Waals surface area contributed by atoms with E-state index in [1.54, 1.807) is 25.1 Å². The lowest BCUT2D eigenvalue weighted by Crippen LogP contribution is -2.41. The smallest absolute Gasteiger partial charge is 0.337 e. The van der Waals surface area contributed by atoms with Gasteiger partial charge in [-0.3, -0.25) is 18.7 Å². The highest BCUT2D eigenvalue weighted by Gasteiger charge is 2.21. The van der Waals surface area contributed by atoms with E-state index in [9.17, 15) is 18.8 Å². The van der Waals surface area contributed by atoms with E-state index in [-0.39, 0.29) is 29.0 Å². The molecule has 0 radical (unpaired) electrons. The van der Waals surface area contributed by atoms with E-state index in [0.717, 1.165) is 13.6 Å². The summed E-state index contributed by atoms with van der Waals surface area (Å²) in [5.74, 6) is -0.647. The van der Waals surface area contributed by atoms with Crippen LogP contribution in [0, 0.1) is 5.82 Å². The van der Waals surface area contributed by atoms with Crippen LogP contribution < -0.4 is 22.1 Å². The minimum atomic E-state index is -0.721. The number of nitrogens with one attached hydrogen (secondary N) is 1. The highest BCUT2D eigenvalue weighted by molar-refractivity contribution is 9.10. The van der Waals surface area contributed by atoms with Gasteiger partial charge in [0.15, 0.2) is 0 Å². The summed E-state index contributed by atoms with van der Waals surface area (Å²) in [7, 11) is 1.45. The number of aryl methyl sites for hydroxylation is 1. The zero-order chi connectivity index (χ0) is 22.3. The Morgan fingerprint density at radius 2 is 1.71 bits per heavy atom. The molecule has 0 atom stereocenters. The average molecular weight is 485 g/mol. The minimum Gasteiger partial charge on any atom is -0.355 e. The summed E-state index contributed by atoms with van der Waals surface area (Å²) in [6, 6.07) is 14.2. The van der Waals surface area contributed by atoms with E-state index in [1.165, 1.54) is 35.9 Å². The molecule has 0 amide bonds. The topological polar surface area (TPSA) is 78.0 Å². The number of aromatic nitrogens is 3. The quantitative estimate of drug-likeness (QED) is 0.480. The number of hydrogen-bond acceptors (Lipinski definition) is 4. The molecule has 2 aromatic carbocycles. The molecule has 0 saturated carbocycles. The summed E-state index contributed by atoms with van der Waals surface area (Å²) in [6.45, 7) is 1.74. The molecule has 9 heteroatoms. The van der Waals surface area contributed by atoms with Crippen molar-refractivity contribution in [3.8, 4) is 5.69 Å². The number of para-hydroxylation sites is 1. The van der Waals surface area contributed by atoms with Crippen molar-refractivity contribution in [2.45, 2.75) is 13.5 Å². The fourth-order valence-electron chi connectivity index (χ4n) is 3.51. The van der Waals surface area contributed by atoms with Gasteiger partial charge in [-0.25, -0.2) is 13.8 Å². The molecular formula is C22H18BrFN4O3. The van der Waals surface area contributed by atoms with Crippen molar-refractivity contribution in [2.24, 2.45) is 7.05 Å². The first-order chi connectivity index (χ1) is 14.8. The Kier molecular flexibility index (Phi) is 5.36. The molecule has 0 spiro atoms. The molecule has 0 saturated heterocycles. The number of fused-ring (bicyclic) bond motifs is 1. The molecule has 7 nitrogen and oxygen atoms in total. The maximum Gasteiger partial charge on any atom is 0.337 e. The monoisotopic (exact) mass is 484 g/mol. The summed E-state index contributed by atoms with van der Waals surface area (Å²) in [6.07, 6.45) is 0. The van der Waals surface area contributed by atoms with Crippen LogP contribution in [0.4, 0.5) is 15.8 Å². The second kappa shape index (κ2) is 7.99. The molecule has 4 rings (SSSR count). The number of halogens is 2. The number of rotatable bonds is 4. The summed E-state index contributed by atoms with van der Waals surface area (Å²) in [5.41, 5.74) is -0.898. The number of anilines is 2. The van der Waals surface area contributed by atoms with Gasteiger partial charge >= 0.3 is 5.69 Å². The lowest BCUT2D eigenvalue weighted by atomic mass is 10.2. The largest absolute Gasteiger partial charge is 0.355 e. The first kappa shape index (κ1) is 20.8. The van der Waals surface area contributed by atoms with Gasteiger partial charge in [0, 0.05) is 29.8 Å². The van der Waals surface area contributed by atoms with Crippen molar-refractivity contribution in [2.75, 3.05) is 5.32 Å². The zero-order valence-electron chi connectivity index (χ0n) is 16.7. The molecule has 0 unspecified atom stereocenters. The molecule has 0 aliphatic rings. The third kappa shape index (κ3) is 3.50. The molecular weight excluding hydrogens is 467 g/mol. The van der Waals surface area contributed by atoms with Crippen molar-refractivity contribution in [1.29, 1.82) is 0 Å². The van der Waals surface area contributed by atoms with Crippen LogP contribution in [-0.4, -0.2) is 13.7 Å². The minimum absolute atomic E-state index is 0.0110. The lowest BCUT2D eigenvalue weighted by molar-refractivity contribution is 0.601. The van der Waals surface area contributed by atoms with Crippen molar-refractivity contribution in [3.05, 3.63) is 96.1 Å². The second-order valence-corrected chi connectivity index (χ2v) is 7.82. The van der Waals surface area contributed by atoms with Gasteiger partial charge in [0.2, 0.25) is 0 Å². The van der Waals surface area contributed by atoms with Gasteiger partial charge in [0.25, 0.3) is 11.1 Å². The molecule has 0 fully saturated rings. The molecule has 0 aliphatic carbocycles. The highest BCUT2D eigenvalue weighted by atomic mass is 79.9. The number of pyridine rings is 1. The maximum absolute atomic E-state index is 14.7. The van der Waals surface area contributed by atoms with Crippen molar-refractivity contribution in [3.63, 3.8) is 0 Å². The van der Waals surface area contributed by atoms with Crippen LogP contribution in [0.1, 0.15) is 6.92 Å². The molecule has 0 bridgehead atoms. The second-order valence-electron chi connectivity index (χ2n) is 6.90. The van der Waals surface area contributed by atoms with Crippen molar-refractivity contribution in [1.82, 2.24) is 13.7 Å². The van der Waals surface area contributed by atoms with Gasteiger partial charge < -0.3 is 5.32 Å². The maximum atomic E-state index is 14.7. The Morgan fingerprint density at radius 3 is 2.35 bits per heavy atom. The normalized spacial score (nSPS) is 11.1. The SMILES string of the molecule is CCn1c(=O)c2c(Nc3ccc(Br)cc3)cc(=O)n(C)c2n(-c2ccccc2F)c1=O. The molecule has 31 heavy (non-hydrogen) atoms. The first-order valence-corrected chi connectivity index (χ1v) is 10.3. The molecule has 4 aromatic rings. The number of nitrogens with zero attached hydrogens (tertiary/aromatic N) is 3. The zero-order valence-corrected chi connectivity index (χ0v) is 18.3. The van der Waals surface area contributed by atoms with E-state index in [1.807, 2.05) is 12.1 Å². The van der Waals surface area contributed by atoms with Crippen LogP contribution in [0.5, 0.6) is 0 Å². The lowest BCUT2D eigenvalue weighted by Gasteiger charge is -2.18. The number of hydrogen-bond donors (Lipinski definition) is 1. The fraction of sp³-hybridized carbons (Fsp3) is 0.136. The van der Waals surface area contributed by atoms with E-state index in [0.29, 0.717) is 5.69 Å². The van der Waals surface area contributed by atoms with Gasteiger partial charge in [-0.15, -0.1) is 0 Å². The van der Waals surface area contributed by atoms with Crippen LogP contribution in [-0.2, 0) is 13.6 Å². The first-order valence-electron chi connectivity index (χ1n) is 9.50. The van der Waals surface area contributed by atoms with Gasteiger partial charge in [0.1, 0.15) is 16.9 Å². The van der Waals surface area contributed by atoms with Crippen molar-refractivity contribution < 1.29 is 4.39 Å². The Balaban J connectivity index is 2.17. The summed E-state index contributed by atoms with van der Waals surface area (Å²) >= 11 is 3.36. The van der Waals surface area contributed by atoms with E-state index < -0.39 is 22.6 Å². The summed E-state index contributed by atoms with van der Waals surface area (Å²) < 4.78 is 18.8. The van der Waals surface area contributed by atoms with E-state index in [4.69, 9.17) is 0 Å². The molecule has 2 heterocycles. The Morgan fingerprint density at radius 1 is 1.03 bits per heavy atom. The highest BCUT2D eigenvalue weighted by Crippen LogP contribution is 2.25. The average Bonchev–Trinajstić information content (AvgIpc) is 2.74. The molecule has 2 aromatic heterocycles. The molecule has 1 N–H and O–H groups in total. The molecule has 158 valence electrons. The summed E-state index contributed by atoms with van der Waals surface area (Å²) in [5, 5.41) is 3.20. The van der Waals surface area contributed by atoms with Crippen LogP contribution in [0.3, 0.4) is 0 Å². The third-order valence-electron chi connectivity index (χ3n) is 5.03. The summed E-state index contributed by atoms with van der Waals surface area (Å²) in [4.78, 5) is 39.2. The fourth-order valence-corrected chi connectivity index (χ4v) is 3.77. The van der Waals surface area contributed by atoms with Crippen LogP contribution in [0.15, 0.2) is 73.5 Å². The van der Waals surface area contributed by atoms with Crippen molar-refractivity contribution >= 4 is 38.3 Å². The van der Waals surface area contributed by atoms with E-state index >= 15 is 0 Å². The van der Waals surface area contributed by atoms with Crippen LogP contribution >= 0.6 is 15.9 Å². The third-order valence-corrected chi connectivity index (χ3v) is 5.56. The van der Waals surface area contributed by atoms with Gasteiger partial charge in [0.05, 0.1) is 11.4 Å². The predicted molar refractivity (Wildman–Crippen MR) is 122 cm³/mol. The molecule has 0 aliphatic heterocycles. The van der Waals surface area contributed by atoms with Crippen LogP contribution in [0.2, 0.25) is 0 Å². The Hall–Kier alpha value is -3.46. The van der Waals surface area contributed by atoms with Crippen LogP contribution in [0.25, 0.3) is 16.7 Å². The Bertz CT molecular complexity index is 1490. The van der Waals surface area contributed by atoms with Gasteiger partial charge in [-0.1, -0.05) is 28.1 Å². The van der Waals surface area contributed by atoms with Gasteiger partial charge in [-0.05, 0) is 43.3 Å². The Labute approximate surface area is 184 Å². The number of benzene rings is 2. The predicted octanol–water partition coefficient (Wildman–Crippen LogP) is 3.52. The van der Waals surface area contributed by atoms with E-state index in [2.05, 4.69) is 21.2 Å².